The maximum atomic E-state index is 11.3. The summed E-state index contributed by atoms with van der Waals surface area (Å²) in [5.41, 5.74) is 5.01. The number of hydrazone groups is 1. The summed E-state index contributed by atoms with van der Waals surface area (Å²) in [6, 6.07) is 7.96. The zero-order valence-corrected chi connectivity index (χ0v) is 8.40. The second-order valence-electron chi connectivity index (χ2n) is 3.59. The van der Waals surface area contributed by atoms with Crippen molar-refractivity contribution in [3.63, 3.8) is 0 Å². The van der Waals surface area contributed by atoms with E-state index in [9.17, 15) is 4.79 Å². The molecule has 1 aliphatic rings. The number of rotatable bonds is 1. The van der Waals surface area contributed by atoms with Crippen molar-refractivity contribution in [1.29, 1.82) is 0 Å². The molecule has 0 saturated heterocycles. The van der Waals surface area contributed by atoms with E-state index in [4.69, 9.17) is 0 Å². The van der Waals surface area contributed by atoms with Crippen molar-refractivity contribution in [3.8, 4) is 0 Å². The zero-order chi connectivity index (χ0) is 11.0. The normalized spacial score (nSPS) is 17.2. The summed E-state index contributed by atoms with van der Waals surface area (Å²) in [5.74, 6) is -0.162. The number of H-pyrrole nitrogens is 1. The van der Waals surface area contributed by atoms with Crippen LogP contribution in [0.5, 0.6) is 0 Å². The number of hydrogen-bond donors (Lipinski definition) is 2. The zero-order valence-electron chi connectivity index (χ0n) is 8.40. The van der Waals surface area contributed by atoms with E-state index in [0.717, 1.165) is 16.5 Å². The second-order valence-corrected chi connectivity index (χ2v) is 3.59. The Hall–Kier alpha value is -2.36. The van der Waals surface area contributed by atoms with Crippen LogP contribution >= 0.6 is 0 Å². The Morgan fingerprint density at radius 2 is 2.12 bits per heavy atom. The number of carbonyl (C=O) groups excluding carboxylic acids is 1. The van der Waals surface area contributed by atoms with Crippen LogP contribution in [0.1, 0.15) is 5.56 Å². The molecule has 0 bridgehead atoms. The van der Waals surface area contributed by atoms with Gasteiger partial charge in [-0.25, -0.2) is 5.43 Å². The highest BCUT2D eigenvalue weighted by Crippen LogP contribution is 2.20. The number of aromatic nitrogens is 1. The number of hydrogen-bond acceptors (Lipinski definition) is 2. The van der Waals surface area contributed by atoms with Crippen LogP contribution in [0.15, 0.2) is 41.1 Å². The van der Waals surface area contributed by atoms with E-state index in [-0.39, 0.29) is 5.91 Å². The maximum absolute atomic E-state index is 11.3. The minimum Gasteiger partial charge on any atom is -0.361 e. The van der Waals surface area contributed by atoms with Crippen molar-refractivity contribution in [3.05, 3.63) is 41.6 Å². The molecule has 1 aliphatic heterocycles. The summed E-state index contributed by atoms with van der Waals surface area (Å²) in [5, 5.41) is 4.80. The van der Waals surface area contributed by atoms with Gasteiger partial charge in [-0.05, 0) is 12.1 Å². The molecule has 1 aromatic carbocycles. The molecule has 16 heavy (non-hydrogen) atoms. The third-order valence-corrected chi connectivity index (χ3v) is 2.56. The van der Waals surface area contributed by atoms with Crippen molar-refractivity contribution < 1.29 is 4.79 Å². The minimum absolute atomic E-state index is 0.162. The third kappa shape index (κ3) is 1.32. The number of para-hydroxylation sites is 1. The Labute approximate surface area is 91.7 Å². The van der Waals surface area contributed by atoms with E-state index in [1.54, 1.807) is 0 Å². The largest absolute Gasteiger partial charge is 0.361 e. The van der Waals surface area contributed by atoms with Gasteiger partial charge >= 0.3 is 0 Å². The maximum Gasteiger partial charge on any atom is 0.273 e. The summed E-state index contributed by atoms with van der Waals surface area (Å²) < 4.78 is 0. The molecular formula is C12H9N3O. The predicted molar refractivity (Wildman–Crippen MR) is 62.9 cm³/mol. The first-order chi connectivity index (χ1) is 7.84. The molecule has 2 N–H and O–H groups in total. The Morgan fingerprint density at radius 1 is 1.25 bits per heavy atom. The fourth-order valence-corrected chi connectivity index (χ4v) is 1.77. The Bertz CT molecular complexity index is 622. The van der Waals surface area contributed by atoms with Gasteiger partial charge in [0.05, 0.1) is 11.8 Å². The van der Waals surface area contributed by atoms with Crippen molar-refractivity contribution >= 4 is 29.1 Å². The van der Waals surface area contributed by atoms with Crippen LogP contribution in [0.2, 0.25) is 0 Å². The highest BCUT2D eigenvalue weighted by atomic mass is 16.2. The van der Waals surface area contributed by atoms with E-state index in [1.165, 1.54) is 6.21 Å². The first kappa shape index (κ1) is 8.91. The van der Waals surface area contributed by atoms with Gasteiger partial charge < -0.3 is 4.98 Å². The molecule has 0 atom stereocenters. The molecule has 0 aliphatic carbocycles. The highest BCUT2D eigenvalue weighted by Gasteiger charge is 2.12. The van der Waals surface area contributed by atoms with Crippen LogP contribution in [0.3, 0.4) is 0 Å². The van der Waals surface area contributed by atoms with E-state index >= 15 is 0 Å². The number of benzene rings is 1. The second kappa shape index (κ2) is 3.34. The van der Waals surface area contributed by atoms with Crippen LogP contribution in [0.25, 0.3) is 17.0 Å². The third-order valence-electron chi connectivity index (χ3n) is 2.56. The molecule has 1 aromatic heterocycles. The van der Waals surface area contributed by atoms with E-state index in [2.05, 4.69) is 15.5 Å². The van der Waals surface area contributed by atoms with Gasteiger partial charge in [0.1, 0.15) is 0 Å². The smallest absolute Gasteiger partial charge is 0.273 e. The van der Waals surface area contributed by atoms with Gasteiger partial charge in [0.25, 0.3) is 5.91 Å². The molecule has 2 aromatic rings. The van der Waals surface area contributed by atoms with Crippen LogP contribution < -0.4 is 5.43 Å². The van der Waals surface area contributed by atoms with Gasteiger partial charge in [-0.1, -0.05) is 18.2 Å². The van der Waals surface area contributed by atoms with E-state index < -0.39 is 0 Å². The molecular weight excluding hydrogens is 202 g/mol. The van der Waals surface area contributed by atoms with Gasteiger partial charge in [0.15, 0.2) is 0 Å². The SMILES string of the molecule is O=C1NN=CC1=Cc1c[nH]c2ccccc12. The Morgan fingerprint density at radius 3 is 2.94 bits per heavy atom. The number of nitrogens with one attached hydrogen (secondary N) is 2. The Kier molecular flexibility index (Phi) is 1.86. The van der Waals surface area contributed by atoms with Gasteiger partial charge in [-0.15, -0.1) is 0 Å². The van der Waals surface area contributed by atoms with Crippen LogP contribution in [-0.4, -0.2) is 17.1 Å². The molecule has 2 heterocycles. The van der Waals surface area contributed by atoms with Gasteiger partial charge in [-0.2, -0.15) is 5.10 Å². The molecule has 4 heteroatoms. The first-order valence-electron chi connectivity index (χ1n) is 4.96. The highest BCUT2D eigenvalue weighted by molar-refractivity contribution is 6.19. The first-order valence-corrected chi connectivity index (χ1v) is 4.96. The standard InChI is InChI=1S/C12H9N3O/c16-12-9(7-14-15-12)5-8-6-13-11-4-2-1-3-10(8)11/h1-7,13H,(H,15,16). The summed E-state index contributed by atoms with van der Waals surface area (Å²) in [6.45, 7) is 0. The van der Waals surface area contributed by atoms with Gasteiger partial charge in [-0.3, -0.25) is 4.79 Å². The molecule has 0 fully saturated rings. The number of amides is 1. The molecule has 4 nitrogen and oxygen atoms in total. The molecule has 0 unspecified atom stereocenters. The minimum atomic E-state index is -0.162. The lowest BCUT2D eigenvalue weighted by molar-refractivity contribution is -0.116. The quantitative estimate of drug-likeness (QED) is 0.692. The van der Waals surface area contributed by atoms with Crippen molar-refractivity contribution in [2.75, 3.05) is 0 Å². The molecule has 78 valence electrons. The number of aromatic amines is 1. The van der Waals surface area contributed by atoms with Gasteiger partial charge in [0, 0.05) is 22.7 Å². The number of carbonyl (C=O) groups is 1. The fraction of sp³-hybridized carbons (Fsp3) is 0. The fourth-order valence-electron chi connectivity index (χ4n) is 1.77. The number of nitrogens with zero attached hydrogens (tertiary/aromatic N) is 1. The summed E-state index contributed by atoms with van der Waals surface area (Å²) >= 11 is 0. The van der Waals surface area contributed by atoms with E-state index in [1.807, 2.05) is 36.5 Å². The van der Waals surface area contributed by atoms with Crippen LogP contribution in [0, 0.1) is 0 Å². The lowest BCUT2D eigenvalue weighted by Crippen LogP contribution is -2.11. The number of fused-ring (bicyclic) bond motifs is 1. The van der Waals surface area contributed by atoms with E-state index in [0.29, 0.717) is 5.57 Å². The summed E-state index contributed by atoms with van der Waals surface area (Å²) in [7, 11) is 0. The van der Waals surface area contributed by atoms with Crippen LogP contribution in [0.4, 0.5) is 0 Å². The average molecular weight is 211 g/mol. The van der Waals surface area contributed by atoms with Crippen molar-refractivity contribution in [2.45, 2.75) is 0 Å². The average Bonchev–Trinajstić information content (AvgIpc) is 2.88. The predicted octanol–water partition coefficient (Wildman–Crippen LogP) is 1.67. The lowest BCUT2D eigenvalue weighted by Gasteiger charge is -1.92. The van der Waals surface area contributed by atoms with Crippen molar-refractivity contribution in [1.82, 2.24) is 10.4 Å². The molecule has 0 saturated carbocycles. The summed E-state index contributed by atoms with van der Waals surface area (Å²) in [6.07, 6.45) is 5.24. The molecule has 3 rings (SSSR count). The molecule has 0 spiro atoms. The molecule has 0 radical (unpaired) electrons. The molecule has 1 amide bonds. The topological polar surface area (TPSA) is 57.2 Å². The summed E-state index contributed by atoms with van der Waals surface area (Å²) in [4.78, 5) is 14.5. The Balaban J connectivity index is 2.13. The van der Waals surface area contributed by atoms with Crippen LogP contribution in [-0.2, 0) is 4.79 Å². The monoisotopic (exact) mass is 211 g/mol. The lowest BCUT2D eigenvalue weighted by atomic mass is 10.1. The van der Waals surface area contributed by atoms with Gasteiger partial charge in [0.2, 0.25) is 0 Å². The van der Waals surface area contributed by atoms with Crippen molar-refractivity contribution in [2.24, 2.45) is 5.10 Å².